The van der Waals surface area contributed by atoms with Gasteiger partial charge in [-0.3, -0.25) is 0 Å². The molecule has 2 rings (SSSR count). The molecule has 0 atom stereocenters. The maximum absolute atomic E-state index is 13.3. The van der Waals surface area contributed by atoms with Gasteiger partial charge in [-0.15, -0.1) is 16.7 Å². The van der Waals surface area contributed by atoms with Crippen LogP contribution in [0.2, 0.25) is 0 Å². The molecule has 0 N–H and O–H groups in total. The van der Waals surface area contributed by atoms with Crippen LogP contribution in [0.25, 0.3) is 0 Å². The van der Waals surface area contributed by atoms with Gasteiger partial charge in [0, 0.05) is 5.56 Å². The molecule has 0 aliphatic heterocycles. The number of alkyl halides is 1. The minimum atomic E-state index is -0.236. The highest BCUT2D eigenvalue weighted by molar-refractivity contribution is 6.16. The van der Waals surface area contributed by atoms with Crippen molar-refractivity contribution >= 4 is 11.6 Å². The number of benzene rings is 1. The van der Waals surface area contributed by atoms with Gasteiger partial charge >= 0.3 is 0 Å². The summed E-state index contributed by atoms with van der Waals surface area (Å²) in [6.07, 6.45) is 1.71. The van der Waals surface area contributed by atoms with Gasteiger partial charge in [0.15, 0.2) is 0 Å². The van der Waals surface area contributed by atoms with Crippen LogP contribution in [0.1, 0.15) is 11.3 Å². The second kappa shape index (κ2) is 4.40. The Labute approximate surface area is 91.5 Å². The second-order valence-corrected chi connectivity index (χ2v) is 3.40. The predicted octanol–water partition coefficient (Wildman–Crippen LogP) is 2.20. The van der Waals surface area contributed by atoms with Crippen molar-refractivity contribution in [3.8, 4) is 0 Å². The molecule has 1 aromatic carbocycles. The Bertz CT molecular complexity index is 455. The molecule has 0 spiro atoms. The van der Waals surface area contributed by atoms with Crippen molar-refractivity contribution in [3.05, 3.63) is 47.5 Å². The average Bonchev–Trinajstić information content (AvgIpc) is 2.69. The van der Waals surface area contributed by atoms with Gasteiger partial charge in [-0.2, -0.15) is 0 Å². The van der Waals surface area contributed by atoms with Gasteiger partial charge in [0.05, 0.1) is 24.3 Å². The van der Waals surface area contributed by atoms with E-state index in [1.165, 1.54) is 6.07 Å². The number of aromatic nitrogens is 3. The van der Waals surface area contributed by atoms with Crippen LogP contribution < -0.4 is 0 Å². The van der Waals surface area contributed by atoms with Crippen LogP contribution >= 0.6 is 11.6 Å². The largest absolute Gasteiger partial charge is 0.248 e. The smallest absolute Gasteiger partial charge is 0.128 e. The van der Waals surface area contributed by atoms with Crippen molar-refractivity contribution in [2.75, 3.05) is 0 Å². The number of hydrogen-bond donors (Lipinski definition) is 0. The molecule has 5 heteroatoms. The van der Waals surface area contributed by atoms with E-state index in [0.717, 1.165) is 0 Å². The molecule has 0 bridgehead atoms. The van der Waals surface area contributed by atoms with Crippen molar-refractivity contribution < 1.29 is 4.39 Å². The SMILES string of the molecule is Fc1ccccc1Cn1cc(CCl)nn1. The molecule has 15 heavy (non-hydrogen) atoms. The zero-order chi connectivity index (χ0) is 10.7. The first-order chi connectivity index (χ1) is 7.29. The maximum atomic E-state index is 13.3. The first-order valence-electron chi connectivity index (χ1n) is 4.48. The van der Waals surface area contributed by atoms with E-state index in [4.69, 9.17) is 11.6 Å². The molecule has 78 valence electrons. The predicted molar refractivity (Wildman–Crippen MR) is 55.1 cm³/mol. The Balaban J connectivity index is 2.18. The van der Waals surface area contributed by atoms with E-state index in [1.807, 2.05) is 0 Å². The summed E-state index contributed by atoms with van der Waals surface area (Å²) in [7, 11) is 0. The van der Waals surface area contributed by atoms with Crippen LogP contribution in [0.5, 0.6) is 0 Å². The third kappa shape index (κ3) is 2.33. The molecule has 0 amide bonds. The standard InChI is InChI=1S/C10H9ClFN3/c11-5-9-7-15(14-13-9)6-8-3-1-2-4-10(8)12/h1-4,7H,5-6H2. The minimum absolute atomic E-state index is 0.236. The highest BCUT2D eigenvalue weighted by Gasteiger charge is 2.03. The molecule has 1 heterocycles. The zero-order valence-corrected chi connectivity index (χ0v) is 8.65. The Morgan fingerprint density at radius 3 is 2.80 bits per heavy atom. The first kappa shape index (κ1) is 10.1. The van der Waals surface area contributed by atoms with Gasteiger partial charge in [-0.25, -0.2) is 9.07 Å². The summed E-state index contributed by atoms with van der Waals surface area (Å²) in [6, 6.07) is 6.59. The van der Waals surface area contributed by atoms with Gasteiger partial charge in [0.2, 0.25) is 0 Å². The number of nitrogens with zero attached hydrogens (tertiary/aromatic N) is 3. The highest BCUT2D eigenvalue weighted by Crippen LogP contribution is 2.08. The number of hydrogen-bond acceptors (Lipinski definition) is 2. The third-order valence-corrected chi connectivity index (χ3v) is 2.29. The molecule has 0 saturated heterocycles. The zero-order valence-electron chi connectivity index (χ0n) is 7.90. The Kier molecular flexibility index (Phi) is 2.97. The summed E-state index contributed by atoms with van der Waals surface area (Å²) >= 11 is 5.58. The maximum Gasteiger partial charge on any atom is 0.128 e. The van der Waals surface area contributed by atoms with Crippen LogP contribution in [0.4, 0.5) is 4.39 Å². The van der Waals surface area contributed by atoms with Crippen molar-refractivity contribution in [1.82, 2.24) is 15.0 Å². The van der Waals surface area contributed by atoms with Crippen molar-refractivity contribution in [3.63, 3.8) is 0 Å². The highest BCUT2D eigenvalue weighted by atomic mass is 35.5. The van der Waals surface area contributed by atoms with E-state index in [1.54, 1.807) is 29.1 Å². The van der Waals surface area contributed by atoms with Crippen LogP contribution in [0, 0.1) is 5.82 Å². The fourth-order valence-corrected chi connectivity index (χ4v) is 1.40. The van der Waals surface area contributed by atoms with Gasteiger partial charge in [-0.05, 0) is 6.07 Å². The van der Waals surface area contributed by atoms with Crippen molar-refractivity contribution in [2.45, 2.75) is 12.4 Å². The van der Waals surface area contributed by atoms with E-state index < -0.39 is 0 Å². The monoisotopic (exact) mass is 225 g/mol. The van der Waals surface area contributed by atoms with Crippen LogP contribution in [0.3, 0.4) is 0 Å². The lowest BCUT2D eigenvalue weighted by Gasteiger charge is -2.01. The van der Waals surface area contributed by atoms with E-state index in [-0.39, 0.29) is 5.82 Å². The lowest BCUT2D eigenvalue weighted by atomic mass is 10.2. The Morgan fingerprint density at radius 2 is 2.13 bits per heavy atom. The van der Waals surface area contributed by atoms with E-state index in [2.05, 4.69) is 10.3 Å². The molecule has 0 aliphatic rings. The average molecular weight is 226 g/mol. The van der Waals surface area contributed by atoms with Crippen molar-refractivity contribution in [1.29, 1.82) is 0 Å². The van der Waals surface area contributed by atoms with E-state index in [9.17, 15) is 4.39 Å². The summed E-state index contributed by atoms with van der Waals surface area (Å²) in [5.74, 6) is 0.0810. The molecular formula is C10H9ClFN3. The van der Waals surface area contributed by atoms with Gasteiger partial charge in [-0.1, -0.05) is 23.4 Å². The lowest BCUT2D eigenvalue weighted by Crippen LogP contribution is -2.02. The molecule has 0 unspecified atom stereocenters. The van der Waals surface area contributed by atoms with Crippen LogP contribution in [0.15, 0.2) is 30.5 Å². The number of halogens is 2. The van der Waals surface area contributed by atoms with Gasteiger partial charge < -0.3 is 0 Å². The van der Waals surface area contributed by atoms with E-state index in [0.29, 0.717) is 23.7 Å². The molecule has 0 aliphatic carbocycles. The van der Waals surface area contributed by atoms with Gasteiger partial charge in [0.1, 0.15) is 5.82 Å². The van der Waals surface area contributed by atoms with E-state index >= 15 is 0 Å². The van der Waals surface area contributed by atoms with Crippen molar-refractivity contribution in [2.24, 2.45) is 0 Å². The summed E-state index contributed by atoms with van der Waals surface area (Å²) in [5.41, 5.74) is 1.27. The Morgan fingerprint density at radius 1 is 1.33 bits per heavy atom. The molecular weight excluding hydrogens is 217 g/mol. The number of rotatable bonds is 3. The molecule has 0 radical (unpaired) electrons. The summed E-state index contributed by atoms with van der Waals surface area (Å²) < 4.78 is 14.8. The summed E-state index contributed by atoms with van der Waals surface area (Å²) in [6.45, 7) is 0.372. The molecule has 3 nitrogen and oxygen atoms in total. The first-order valence-corrected chi connectivity index (χ1v) is 5.01. The Hall–Kier alpha value is -1.42. The van der Waals surface area contributed by atoms with Gasteiger partial charge in [0.25, 0.3) is 0 Å². The quantitative estimate of drug-likeness (QED) is 0.750. The van der Waals surface area contributed by atoms with Crippen LogP contribution in [-0.4, -0.2) is 15.0 Å². The molecule has 2 aromatic rings. The minimum Gasteiger partial charge on any atom is -0.248 e. The molecule has 0 fully saturated rings. The summed E-state index contributed by atoms with van der Waals surface area (Å²) in [5, 5.41) is 7.66. The lowest BCUT2D eigenvalue weighted by molar-refractivity contribution is 0.577. The third-order valence-electron chi connectivity index (χ3n) is 2.01. The molecule has 1 aromatic heterocycles. The fourth-order valence-electron chi connectivity index (χ4n) is 1.28. The normalized spacial score (nSPS) is 10.5. The topological polar surface area (TPSA) is 30.7 Å². The molecule has 0 saturated carbocycles. The summed E-state index contributed by atoms with van der Waals surface area (Å²) in [4.78, 5) is 0. The van der Waals surface area contributed by atoms with Crippen LogP contribution in [-0.2, 0) is 12.4 Å². The second-order valence-electron chi connectivity index (χ2n) is 3.13. The fraction of sp³-hybridized carbons (Fsp3) is 0.200.